The molecule has 0 saturated carbocycles. The van der Waals surface area contributed by atoms with Crippen LogP contribution in [0.4, 0.5) is 0 Å². The van der Waals surface area contributed by atoms with E-state index in [1.54, 1.807) is 11.3 Å². The van der Waals surface area contributed by atoms with Crippen LogP contribution in [0, 0.1) is 0 Å². The van der Waals surface area contributed by atoms with E-state index in [9.17, 15) is 0 Å². The van der Waals surface area contributed by atoms with Crippen molar-refractivity contribution in [1.82, 2.24) is 4.98 Å². The first-order chi connectivity index (χ1) is 8.28. The number of nitrogens with two attached hydrogens (primary N) is 1. The van der Waals surface area contributed by atoms with Crippen molar-refractivity contribution in [2.75, 3.05) is 0 Å². The second-order valence-corrected chi connectivity index (χ2v) is 6.67. The molecule has 1 heterocycles. The number of hydrogen-bond acceptors (Lipinski definition) is 3. The predicted molar refractivity (Wildman–Crippen MR) is 75.2 cm³/mol. The van der Waals surface area contributed by atoms with E-state index in [1.807, 2.05) is 0 Å². The maximum absolute atomic E-state index is 5.63. The number of hydrogen-bond donors (Lipinski definition) is 1. The SMILES string of the molecule is NCc1nc(-c2ccc3c(c2)CCC3)c(Br)s1. The van der Waals surface area contributed by atoms with E-state index in [-0.39, 0.29) is 0 Å². The van der Waals surface area contributed by atoms with Gasteiger partial charge >= 0.3 is 0 Å². The second-order valence-electron chi connectivity index (χ2n) is 4.27. The Morgan fingerprint density at radius 1 is 1.29 bits per heavy atom. The standard InChI is InChI=1S/C13H13BrN2S/c14-13-12(16-11(7-15)17-13)10-5-4-8-2-1-3-9(8)6-10/h4-6H,1-3,7,15H2. The van der Waals surface area contributed by atoms with Crippen LogP contribution in [0.1, 0.15) is 22.6 Å². The van der Waals surface area contributed by atoms with Crippen molar-refractivity contribution < 1.29 is 0 Å². The molecule has 0 aliphatic heterocycles. The molecule has 0 atom stereocenters. The van der Waals surface area contributed by atoms with E-state index in [0.717, 1.165) is 14.5 Å². The number of aromatic nitrogens is 1. The van der Waals surface area contributed by atoms with Gasteiger partial charge in [-0.25, -0.2) is 4.98 Å². The Hall–Kier alpha value is -0.710. The fraction of sp³-hybridized carbons (Fsp3) is 0.308. The van der Waals surface area contributed by atoms with E-state index in [2.05, 4.69) is 39.1 Å². The molecule has 2 nitrogen and oxygen atoms in total. The lowest BCUT2D eigenvalue weighted by atomic mass is 10.1. The molecule has 0 saturated heterocycles. The van der Waals surface area contributed by atoms with Gasteiger partial charge < -0.3 is 5.73 Å². The molecular formula is C13H13BrN2S. The van der Waals surface area contributed by atoms with E-state index in [4.69, 9.17) is 5.73 Å². The summed E-state index contributed by atoms with van der Waals surface area (Å²) in [5.41, 5.74) is 10.8. The molecule has 1 aliphatic carbocycles. The van der Waals surface area contributed by atoms with Gasteiger partial charge in [-0.05, 0) is 52.4 Å². The smallest absolute Gasteiger partial charge is 0.108 e. The van der Waals surface area contributed by atoms with Crippen molar-refractivity contribution in [2.24, 2.45) is 5.73 Å². The van der Waals surface area contributed by atoms with Crippen LogP contribution in [0.2, 0.25) is 0 Å². The van der Waals surface area contributed by atoms with Gasteiger partial charge in [0.2, 0.25) is 0 Å². The first-order valence-electron chi connectivity index (χ1n) is 5.75. The Bertz CT molecular complexity index is 563. The Labute approximate surface area is 113 Å². The van der Waals surface area contributed by atoms with Crippen LogP contribution in [0.15, 0.2) is 22.0 Å². The van der Waals surface area contributed by atoms with Gasteiger partial charge in [0.1, 0.15) is 5.01 Å². The molecule has 0 spiro atoms. The van der Waals surface area contributed by atoms with Crippen LogP contribution in [-0.2, 0) is 19.4 Å². The number of rotatable bonds is 2. The topological polar surface area (TPSA) is 38.9 Å². The molecule has 3 rings (SSSR count). The Balaban J connectivity index is 2.06. The summed E-state index contributed by atoms with van der Waals surface area (Å²) in [5.74, 6) is 0. The number of aryl methyl sites for hydroxylation is 2. The number of thiazole rings is 1. The molecular weight excluding hydrogens is 296 g/mol. The fourth-order valence-corrected chi connectivity index (χ4v) is 3.89. The average Bonchev–Trinajstić information content (AvgIpc) is 2.93. The Kier molecular flexibility index (Phi) is 3.03. The zero-order chi connectivity index (χ0) is 11.8. The monoisotopic (exact) mass is 308 g/mol. The van der Waals surface area contributed by atoms with Gasteiger partial charge in [0, 0.05) is 12.1 Å². The quantitative estimate of drug-likeness (QED) is 0.922. The highest BCUT2D eigenvalue weighted by molar-refractivity contribution is 9.11. The van der Waals surface area contributed by atoms with Crippen LogP contribution in [0.25, 0.3) is 11.3 Å². The van der Waals surface area contributed by atoms with Crippen molar-refractivity contribution in [3.8, 4) is 11.3 Å². The summed E-state index contributed by atoms with van der Waals surface area (Å²) in [4.78, 5) is 4.57. The molecule has 1 aliphatic rings. The maximum atomic E-state index is 5.63. The Morgan fingerprint density at radius 2 is 2.12 bits per heavy atom. The van der Waals surface area contributed by atoms with Crippen LogP contribution in [0.5, 0.6) is 0 Å². The number of nitrogens with zero attached hydrogens (tertiary/aromatic N) is 1. The van der Waals surface area contributed by atoms with E-state index < -0.39 is 0 Å². The van der Waals surface area contributed by atoms with Gasteiger partial charge in [0.25, 0.3) is 0 Å². The first-order valence-corrected chi connectivity index (χ1v) is 7.36. The van der Waals surface area contributed by atoms with Crippen LogP contribution < -0.4 is 5.73 Å². The van der Waals surface area contributed by atoms with Gasteiger partial charge in [0.15, 0.2) is 0 Å². The number of fused-ring (bicyclic) bond motifs is 1. The minimum absolute atomic E-state index is 0.508. The molecule has 2 N–H and O–H groups in total. The number of benzene rings is 1. The van der Waals surface area contributed by atoms with Crippen molar-refractivity contribution in [1.29, 1.82) is 0 Å². The first kappa shape index (κ1) is 11.4. The van der Waals surface area contributed by atoms with Gasteiger partial charge in [-0.15, -0.1) is 11.3 Å². The molecule has 0 fully saturated rings. The minimum atomic E-state index is 0.508. The molecule has 17 heavy (non-hydrogen) atoms. The molecule has 88 valence electrons. The average molecular weight is 309 g/mol. The molecule has 4 heteroatoms. The number of halogens is 1. The maximum Gasteiger partial charge on any atom is 0.108 e. The highest BCUT2D eigenvalue weighted by atomic mass is 79.9. The largest absolute Gasteiger partial charge is 0.325 e. The molecule has 0 amide bonds. The van der Waals surface area contributed by atoms with Crippen LogP contribution >= 0.6 is 27.3 Å². The molecule has 1 aromatic carbocycles. The van der Waals surface area contributed by atoms with Crippen molar-refractivity contribution in [3.05, 3.63) is 38.1 Å². The van der Waals surface area contributed by atoms with Crippen LogP contribution in [0.3, 0.4) is 0 Å². The summed E-state index contributed by atoms with van der Waals surface area (Å²) < 4.78 is 1.08. The van der Waals surface area contributed by atoms with Crippen molar-refractivity contribution >= 4 is 27.3 Å². The normalized spacial score (nSPS) is 14.0. The Morgan fingerprint density at radius 3 is 2.88 bits per heavy atom. The summed E-state index contributed by atoms with van der Waals surface area (Å²) in [6.45, 7) is 0.508. The van der Waals surface area contributed by atoms with Gasteiger partial charge in [-0.2, -0.15) is 0 Å². The summed E-state index contributed by atoms with van der Waals surface area (Å²) >= 11 is 5.20. The van der Waals surface area contributed by atoms with Gasteiger partial charge in [0.05, 0.1) is 9.48 Å². The fourth-order valence-electron chi connectivity index (χ4n) is 2.33. The van der Waals surface area contributed by atoms with Crippen LogP contribution in [-0.4, -0.2) is 4.98 Å². The summed E-state index contributed by atoms with van der Waals surface area (Å²) in [6, 6.07) is 6.69. The summed E-state index contributed by atoms with van der Waals surface area (Å²) in [6.07, 6.45) is 3.71. The van der Waals surface area contributed by atoms with Gasteiger partial charge in [-0.3, -0.25) is 0 Å². The zero-order valence-electron chi connectivity index (χ0n) is 9.37. The minimum Gasteiger partial charge on any atom is -0.325 e. The molecule has 2 aromatic rings. The van der Waals surface area contributed by atoms with E-state index >= 15 is 0 Å². The van der Waals surface area contributed by atoms with Crippen molar-refractivity contribution in [2.45, 2.75) is 25.8 Å². The molecule has 0 bridgehead atoms. The third-order valence-corrected chi connectivity index (χ3v) is 4.90. The van der Waals surface area contributed by atoms with Gasteiger partial charge in [-0.1, -0.05) is 12.1 Å². The lowest BCUT2D eigenvalue weighted by Crippen LogP contribution is -1.94. The van der Waals surface area contributed by atoms with E-state index in [0.29, 0.717) is 6.54 Å². The van der Waals surface area contributed by atoms with E-state index in [1.165, 1.54) is 36.0 Å². The summed E-state index contributed by atoms with van der Waals surface area (Å²) in [7, 11) is 0. The third kappa shape index (κ3) is 2.05. The molecule has 0 radical (unpaired) electrons. The third-order valence-electron chi connectivity index (χ3n) is 3.18. The molecule has 0 unspecified atom stereocenters. The molecule has 1 aromatic heterocycles. The predicted octanol–water partition coefficient (Wildman–Crippen LogP) is 3.52. The highest BCUT2D eigenvalue weighted by Crippen LogP contribution is 2.35. The van der Waals surface area contributed by atoms with Crippen molar-refractivity contribution in [3.63, 3.8) is 0 Å². The zero-order valence-corrected chi connectivity index (χ0v) is 11.8. The second kappa shape index (κ2) is 4.52. The lowest BCUT2D eigenvalue weighted by Gasteiger charge is -2.02. The highest BCUT2D eigenvalue weighted by Gasteiger charge is 2.15. The lowest BCUT2D eigenvalue weighted by molar-refractivity contribution is 0.912. The summed E-state index contributed by atoms with van der Waals surface area (Å²) in [5, 5.41) is 0.979.